The van der Waals surface area contributed by atoms with Crippen molar-refractivity contribution in [2.75, 3.05) is 24.3 Å². The van der Waals surface area contributed by atoms with Crippen LogP contribution < -0.4 is 15.4 Å². The molecule has 1 aromatic carbocycles. The number of rotatable bonds is 5. The average molecular weight is 272 g/mol. The van der Waals surface area contributed by atoms with Gasteiger partial charge in [0.15, 0.2) is 0 Å². The molecule has 0 atom stereocenters. The van der Waals surface area contributed by atoms with Gasteiger partial charge in [-0.15, -0.1) is 0 Å². The summed E-state index contributed by atoms with van der Waals surface area (Å²) in [6.45, 7) is 5.46. The van der Waals surface area contributed by atoms with Crippen LogP contribution in [0.2, 0.25) is 0 Å². The Bertz CT molecular complexity index is 586. The summed E-state index contributed by atoms with van der Waals surface area (Å²) in [5.41, 5.74) is 8.73. The molecule has 106 valence electrons. The number of hydrogen-bond donors (Lipinski definition) is 1. The molecule has 2 N–H and O–H groups in total. The third kappa shape index (κ3) is 3.17. The summed E-state index contributed by atoms with van der Waals surface area (Å²) in [7, 11) is 1.61. The van der Waals surface area contributed by atoms with Crippen LogP contribution in [0.3, 0.4) is 0 Å². The van der Waals surface area contributed by atoms with Gasteiger partial charge in [-0.3, -0.25) is 0 Å². The predicted octanol–water partition coefficient (Wildman–Crippen LogP) is 2.40. The Kier molecular flexibility index (Phi) is 4.40. The molecule has 5 nitrogen and oxygen atoms in total. The predicted molar refractivity (Wildman–Crippen MR) is 80.9 cm³/mol. The number of nitrogens with two attached hydrogens (primary N) is 1. The van der Waals surface area contributed by atoms with E-state index in [2.05, 4.69) is 21.8 Å². The summed E-state index contributed by atoms with van der Waals surface area (Å²) in [4.78, 5) is 10.9. The Morgan fingerprint density at radius 3 is 2.65 bits per heavy atom. The van der Waals surface area contributed by atoms with Crippen LogP contribution >= 0.6 is 0 Å². The third-order valence-electron chi connectivity index (χ3n) is 3.11. The highest BCUT2D eigenvalue weighted by atomic mass is 16.5. The zero-order chi connectivity index (χ0) is 14.5. The second-order valence-electron chi connectivity index (χ2n) is 4.56. The van der Waals surface area contributed by atoms with Gasteiger partial charge in [0.25, 0.3) is 0 Å². The van der Waals surface area contributed by atoms with Gasteiger partial charge in [-0.2, -0.15) is 4.98 Å². The lowest BCUT2D eigenvalue weighted by atomic mass is 10.1. The number of aromatic nitrogens is 2. The number of para-hydroxylation sites is 1. The molecule has 2 aromatic rings. The van der Waals surface area contributed by atoms with Crippen LogP contribution in [0.4, 0.5) is 11.6 Å². The Hall–Kier alpha value is -2.30. The van der Waals surface area contributed by atoms with Gasteiger partial charge in [-0.25, -0.2) is 4.98 Å². The number of anilines is 2. The first-order valence-corrected chi connectivity index (χ1v) is 6.62. The number of nitrogens with zero attached hydrogens (tertiary/aromatic N) is 3. The van der Waals surface area contributed by atoms with Gasteiger partial charge in [-0.1, -0.05) is 18.2 Å². The molecule has 0 amide bonds. The van der Waals surface area contributed by atoms with Crippen LogP contribution in [-0.4, -0.2) is 23.6 Å². The summed E-state index contributed by atoms with van der Waals surface area (Å²) < 4.78 is 5.20. The van der Waals surface area contributed by atoms with Gasteiger partial charge in [0.2, 0.25) is 11.8 Å². The number of benzene rings is 1. The molecular formula is C15H20N4O. The summed E-state index contributed by atoms with van der Waals surface area (Å²) in [5, 5.41) is 0. The van der Waals surface area contributed by atoms with Crippen molar-refractivity contribution >= 4 is 11.6 Å². The first-order valence-electron chi connectivity index (χ1n) is 6.62. The maximum atomic E-state index is 6.00. The van der Waals surface area contributed by atoms with Crippen molar-refractivity contribution in [2.45, 2.75) is 20.4 Å². The van der Waals surface area contributed by atoms with Crippen molar-refractivity contribution in [1.29, 1.82) is 0 Å². The number of nitrogen functional groups attached to an aromatic ring is 1. The van der Waals surface area contributed by atoms with Gasteiger partial charge >= 0.3 is 0 Å². The van der Waals surface area contributed by atoms with Crippen LogP contribution in [0.25, 0.3) is 0 Å². The van der Waals surface area contributed by atoms with Gasteiger partial charge in [0.1, 0.15) is 0 Å². The fourth-order valence-corrected chi connectivity index (χ4v) is 1.98. The van der Waals surface area contributed by atoms with Gasteiger partial charge < -0.3 is 15.4 Å². The summed E-state index contributed by atoms with van der Waals surface area (Å²) >= 11 is 0. The van der Waals surface area contributed by atoms with Crippen molar-refractivity contribution in [3.05, 3.63) is 41.6 Å². The molecule has 0 saturated carbocycles. The number of aryl methyl sites for hydroxylation is 1. The smallest absolute Gasteiger partial charge is 0.229 e. The second kappa shape index (κ2) is 6.23. The van der Waals surface area contributed by atoms with Crippen LogP contribution in [0.15, 0.2) is 30.3 Å². The van der Waals surface area contributed by atoms with Crippen molar-refractivity contribution in [3.8, 4) is 5.88 Å². The standard InChI is InChI=1S/C15H20N4O/c1-4-19(10-12-7-5-6-8-13(12)16)15-17-11(2)9-14(18-15)20-3/h5-9H,4,10,16H2,1-3H3. The molecule has 1 aromatic heterocycles. The molecule has 0 aliphatic heterocycles. The average Bonchev–Trinajstić information content (AvgIpc) is 2.45. The highest BCUT2D eigenvalue weighted by Crippen LogP contribution is 2.19. The van der Waals surface area contributed by atoms with E-state index in [4.69, 9.17) is 10.5 Å². The van der Waals surface area contributed by atoms with E-state index < -0.39 is 0 Å². The third-order valence-corrected chi connectivity index (χ3v) is 3.11. The molecule has 0 bridgehead atoms. The Balaban J connectivity index is 2.28. The zero-order valence-electron chi connectivity index (χ0n) is 12.1. The molecule has 0 unspecified atom stereocenters. The topological polar surface area (TPSA) is 64.3 Å². The minimum absolute atomic E-state index is 0.576. The lowest BCUT2D eigenvalue weighted by Crippen LogP contribution is -2.25. The fraction of sp³-hybridized carbons (Fsp3) is 0.333. The molecule has 0 aliphatic carbocycles. The Morgan fingerprint density at radius 2 is 2.00 bits per heavy atom. The zero-order valence-corrected chi connectivity index (χ0v) is 12.1. The van der Waals surface area contributed by atoms with E-state index in [1.54, 1.807) is 7.11 Å². The summed E-state index contributed by atoms with van der Waals surface area (Å²) in [6.07, 6.45) is 0. The van der Waals surface area contributed by atoms with E-state index in [0.717, 1.165) is 23.5 Å². The second-order valence-corrected chi connectivity index (χ2v) is 4.56. The van der Waals surface area contributed by atoms with Crippen LogP contribution in [-0.2, 0) is 6.54 Å². The van der Waals surface area contributed by atoms with E-state index in [-0.39, 0.29) is 0 Å². The lowest BCUT2D eigenvalue weighted by molar-refractivity contribution is 0.396. The van der Waals surface area contributed by atoms with E-state index >= 15 is 0 Å². The summed E-state index contributed by atoms with van der Waals surface area (Å²) in [6, 6.07) is 9.65. The Labute approximate surface area is 119 Å². The summed E-state index contributed by atoms with van der Waals surface area (Å²) in [5.74, 6) is 1.24. The van der Waals surface area contributed by atoms with Crippen molar-refractivity contribution in [1.82, 2.24) is 9.97 Å². The molecule has 20 heavy (non-hydrogen) atoms. The van der Waals surface area contributed by atoms with Crippen LogP contribution in [0, 0.1) is 6.92 Å². The molecule has 2 rings (SSSR count). The molecule has 0 spiro atoms. The minimum Gasteiger partial charge on any atom is -0.481 e. The van der Waals surface area contributed by atoms with E-state index in [1.165, 1.54) is 0 Å². The minimum atomic E-state index is 0.576. The van der Waals surface area contributed by atoms with Crippen LogP contribution in [0.5, 0.6) is 5.88 Å². The number of hydrogen-bond acceptors (Lipinski definition) is 5. The van der Waals surface area contributed by atoms with E-state index in [1.807, 2.05) is 37.3 Å². The Morgan fingerprint density at radius 1 is 1.25 bits per heavy atom. The van der Waals surface area contributed by atoms with Crippen LogP contribution in [0.1, 0.15) is 18.2 Å². The molecule has 1 heterocycles. The maximum absolute atomic E-state index is 6.00. The first-order chi connectivity index (χ1) is 9.63. The van der Waals surface area contributed by atoms with Gasteiger partial charge in [-0.05, 0) is 25.5 Å². The van der Waals surface area contributed by atoms with E-state index in [0.29, 0.717) is 18.4 Å². The molecule has 0 aliphatic rings. The van der Waals surface area contributed by atoms with Gasteiger partial charge in [0.05, 0.1) is 7.11 Å². The molecule has 0 fully saturated rings. The quantitative estimate of drug-likeness (QED) is 0.847. The fourth-order valence-electron chi connectivity index (χ4n) is 1.98. The first kappa shape index (κ1) is 14.1. The van der Waals surface area contributed by atoms with Crippen molar-refractivity contribution in [2.24, 2.45) is 0 Å². The molecule has 0 radical (unpaired) electrons. The molecular weight excluding hydrogens is 252 g/mol. The largest absolute Gasteiger partial charge is 0.481 e. The molecule has 5 heteroatoms. The monoisotopic (exact) mass is 272 g/mol. The SMILES string of the molecule is CCN(Cc1ccccc1N)c1nc(C)cc(OC)n1. The highest BCUT2D eigenvalue weighted by molar-refractivity contribution is 5.48. The van der Waals surface area contributed by atoms with Gasteiger partial charge in [0, 0.05) is 30.5 Å². The lowest BCUT2D eigenvalue weighted by Gasteiger charge is -2.22. The van der Waals surface area contributed by atoms with Crippen molar-refractivity contribution in [3.63, 3.8) is 0 Å². The van der Waals surface area contributed by atoms with Crippen molar-refractivity contribution < 1.29 is 4.74 Å². The maximum Gasteiger partial charge on any atom is 0.229 e. The van der Waals surface area contributed by atoms with E-state index in [9.17, 15) is 0 Å². The number of methoxy groups -OCH3 is 1. The highest BCUT2D eigenvalue weighted by Gasteiger charge is 2.12. The molecule has 0 saturated heterocycles. The normalized spacial score (nSPS) is 10.3. The number of ether oxygens (including phenoxy) is 1.